The number of allylic oxidation sites excluding steroid dienone is 2. The summed E-state index contributed by atoms with van der Waals surface area (Å²) in [6.45, 7) is 2.26. The Labute approximate surface area is 106 Å². The average molecular weight is 234 g/mol. The zero-order chi connectivity index (χ0) is 12.1. The summed E-state index contributed by atoms with van der Waals surface area (Å²) in [6, 6.07) is 0. The minimum Gasteiger partial charge on any atom is -0.295 e. The van der Waals surface area contributed by atoms with Crippen molar-refractivity contribution in [3.63, 3.8) is 0 Å². The molecule has 1 nitrogen and oxygen atoms in total. The summed E-state index contributed by atoms with van der Waals surface area (Å²) in [6.07, 6.45) is 14.5. The van der Waals surface area contributed by atoms with Gasteiger partial charge in [-0.25, -0.2) is 0 Å². The molecule has 96 valence electrons. The van der Waals surface area contributed by atoms with Crippen molar-refractivity contribution >= 4 is 5.78 Å². The van der Waals surface area contributed by atoms with E-state index in [1.54, 1.807) is 0 Å². The lowest BCUT2D eigenvalue weighted by molar-refractivity contribution is -0.119. The maximum Gasteiger partial charge on any atom is 0.158 e. The molecule has 0 amide bonds. The summed E-state index contributed by atoms with van der Waals surface area (Å²) in [5.41, 5.74) is 1.43. The zero-order valence-corrected chi connectivity index (χ0v) is 11.2. The molecule has 2 saturated carbocycles. The largest absolute Gasteiger partial charge is 0.295 e. The van der Waals surface area contributed by atoms with Crippen molar-refractivity contribution in [1.29, 1.82) is 0 Å². The molecule has 0 spiro atoms. The normalized spacial score (nSPS) is 30.1. The fourth-order valence-corrected chi connectivity index (χ4v) is 3.39. The maximum absolute atomic E-state index is 12.3. The molecule has 0 aromatic carbocycles. The standard InChI is InChI=1S/C16H26O/c1-2-13-9-6-10-15(11-13)16(17)12-14-7-4-3-5-8-14/h12-13,15H,2-11H2,1H3. The summed E-state index contributed by atoms with van der Waals surface area (Å²) in [4.78, 5) is 12.3. The molecule has 2 unspecified atom stereocenters. The van der Waals surface area contributed by atoms with Gasteiger partial charge in [0.2, 0.25) is 0 Å². The van der Waals surface area contributed by atoms with Crippen LogP contribution in [0.5, 0.6) is 0 Å². The van der Waals surface area contributed by atoms with E-state index in [1.807, 2.05) is 6.08 Å². The zero-order valence-electron chi connectivity index (χ0n) is 11.2. The molecule has 2 fully saturated rings. The van der Waals surface area contributed by atoms with Gasteiger partial charge in [0.25, 0.3) is 0 Å². The highest BCUT2D eigenvalue weighted by molar-refractivity contribution is 5.92. The van der Waals surface area contributed by atoms with Gasteiger partial charge in [-0.15, -0.1) is 0 Å². The van der Waals surface area contributed by atoms with Gasteiger partial charge in [-0.2, -0.15) is 0 Å². The van der Waals surface area contributed by atoms with Crippen molar-refractivity contribution in [2.24, 2.45) is 11.8 Å². The highest BCUT2D eigenvalue weighted by Gasteiger charge is 2.25. The van der Waals surface area contributed by atoms with Crippen molar-refractivity contribution in [3.05, 3.63) is 11.6 Å². The molecule has 0 aromatic rings. The van der Waals surface area contributed by atoms with Gasteiger partial charge in [0.05, 0.1) is 0 Å². The number of carbonyl (C=O) groups is 1. The third kappa shape index (κ3) is 3.69. The Hall–Kier alpha value is -0.590. The van der Waals surface area contributed by atoms with Gasteiger partial charge in [-0.05, 0) is 50.5 Å². The van der Waals surface area contributed by atoms with E-state index in [9.17, 15) is 4.79 Å². The van der Waals surface area contributed by atoms with Gasteiger partial charge in [0.1, 0.15) is 0 Å². The molecule has 2 aliphatic carbocycles. The minimum atomic E-state index is 0.350. The fraction of sp³-hybridized carbons (Fsp3) is 0.812. The Morgan fingerprint density at radius 3 is 2.65 bits per heavy atom. The van der Waals surface area contributed by atoms with Crippen LogP contribution < -0.4 is 0 Å². The predicted octanol–water partition coefficient (Wildman–Crippen LogP) is 4.66. The second kappa shape index (κ2) is 6.37. The van der Waals surface area contributed by atoms with Gasteiger partial charge in [0, 0.05) is 5.92 Å². The Balaban J connectivity index is 1.90. The lowest BCUT2D eigenvalue weighted by Gasteiger charge is -2.27. The predicted molar refractivity (Wildman–Crippen MR) is 71.9 cm³/mol. The summed E-state index contributed by atoms with van der Waals surface area (Å²) in [5, 5.41) is 0. The van der Waals surface area contributed by atoms with E-state index in [-0.39, 0.29) is 0 Å². The summed E-state index contributed by atoms with van der Waals surface area (Å²) >= 11 is 0. The molecule has 0 radical (unpaired) electrons. The highest BCUT2D eigenvalue weighted by atomic mass is 16.1. The number of ketones is 1. The van der Waals surface area contributed by atoms with Crippen molar-refractivity contribution in [3.8, 4) is 0 Å². The molecular formula is C16H26O. The second-order valence-corrected chi connectivity index (χ2v) is 5.90. The van der Waals surface area contributed by atoms with E-state index < -0.39 is 0 Å². The van der Waals surface area contributed by atoms with Crippen LogP contribution in [-0.2, 0) is 4.79 Å². The first-order chi connectivity index (χ1) is 8.29. The number of rotatable bonds is 3. The van der Waals surface area contributed by atoms with Gasteiger partial charge in [0.15, 0.2) is 5.78 Å². The Kier molecular flexibility index (Phi) is 4.82. The molecule has 0 heterocycles. The maximum atomic E-state index is 12.3. The van der Waals surface area contributed by atoms with Crippen molar-refractivity contribution < 1.29 is 4.79 Å². The van der Waals surface area contributed by atoms with E-state index in [4.69, 9.17) is 0 Å². The van der Waals surface area contributed by atoms with Crippen LogP contribution in [-0.4, -0.2) is 5.78 Å². The molecule has 2 rings (SSSR count). The van der Waals surface area contributed by atoms with Gasteiger partial charge >= 0.3 is 0 Å². The first kappa shape index (κ1) is 12.9. The van der Waals surface area contributed by atoms with Gasteiger partial charge in [-0.1, -0.05) is 38.2 Å². The highest BCUT2D eigenvalue weighted by Crippen LogP contribution is 2.32. The Morgan fingerprint density at radius 2 is 1.94 bits per heavy atom. The summed E-state index contributed by atoms with van der Waals surface area (Å²) in [7, 11) is 0. The molecule has 0 saturated heterocycles. The number of hydrogen-bond donors (Lipinski definition) is 0. The van der Waals surface area contributed by atoms with Crippen LogP contribution in [0.15, 0.2) is 11.6 Å². The van der Waals surface area contributed by atoms with Crippen LogP contribution in [0.1, 0.15) is 71.1 Å². The van der Waals surface area contributed by atoms with Crippen molar-refractivity contribution in [2.75, 3.05) is 0 Å². The van der Waals surface area contributed by atoms with Crippen molar-refractivity contribution in [2.45, 2.75) is 71.1 Å². The summed E-state index contributed by atoms with van der Waals surface area (Å²) < 4.78 is 0. The van der Waals surface area contributed by atoms with E-state index in [2.05, 4.69) is 6.92 Å². The molecule has 2 atom stereocenters. The van der Waals surface area contributed by atoms with Gasteiger partial charge < -0.3 is 0 Å². The molecule has 0 aromatic heterocycles. The molecule has 2 aliphatic rings. The third-order valence-corrected chi connectivity index (χ3v) is 4.60. The molecule has 0 aliphatic heterocycles. The molecule has 0 N–H and O–H groups in total. The Morgan fingerprint density at radius 1 is 1.18 bits per heavy atom. The quantitative estimate of drug-likeness (QED) is 0.649. The van der Waals surface area contributed by atoms with Crippen LogP contribution >= 0.6 is 0 Å². The van der Waals surface area contributed by atoms with Crippen LogP contribution in [0.2, 0.25) is 0 Å². The van der Waals surface area contributed by atoms with Gasteiger partial charge in [-0.3, -0.25) is 4.79 Å². The molecule has 17 heavy (non-hydrogen) atoms. The topological polar surface area (TPSA) is 17.1 Å². The molecule has 0 bridgehead atoms. The van der Waals surface area contributed by atoms with Crippen LogP contribution in [0.25, 0.3) is 0 Å². The van der Waals surface area contributed by atoms with E-state index in [0.29, 0.717) is 11.7 Å². The number of carbonyl (C=O) groups excluding carboxylic acids is 1. The monoisotopic (exact) mass is 234 g/mol. The van der Waals surface area contributed by atoms with Crippen LogP contribution in [0.4, 0.5) is 0 Å². The minimum absolute atomic E-state index is 0.350. The fourth-order valence-electron chi connectivity index (χ4n) is 3.39. The van der Waals surface area contributed by atoms with E-state index >= 15 is 0 Å². The average Bonchev–Trinajstić information content (AvgIpc) is 2.40. The third-order valence-electron chi connectivity index (χ3n) is 4.60. The van der Waals surface area contributed by atoms with Crippen LogP contribution in [0, 0.1) is 11.8 Å². The smallest absolute Gasteiger partial charge is 0.158 e. The first-order valence-corrected chi connectivity index (χ1v) is 7.53. The van der Waals surface area contributed by atoms with Crippen LogP contribution in [0.3, 0.4) is 0 Å². The SMILES string of the molecule is CCC1CCCC(C(=O)C=C2CCCCC2)C1. The summed E-state index contributed by atoms with van der Waals surface area (Å²) in [5.74, 6) is 1.60. The second-order valence-electron chi connectivity index (χ2n) is 5.90. The van der Waals surface area contributed by atoms with E-state index in [0.717, 1.165) is 18.8 Å². The lowest BCUT2D eigenvalue weighted by atomic mass is 9.77. The van der Waals surface area contributed by atoms with E-state index in [1.165, 1.54) is 56.9 Å². The number of hydrogen-bond acceptors (Lipinski definition) is 1. The Bertz CT molecular complexity index is 282. The van der Waals surface area contributed by atoms with Crippen molar-refractivity contribution in [1.82, 2.24) is 0 Å². The molecule has 1 heteroatoms. The molecular weight excluding hydrogens is 208 g/mol. The lowest BCUT2D eigenvalue weighted by Crippen LogP contribution is -2.21. The first-order valence-electron chi connectivity index (χ1n) is 7.53.